The van der Waals surface area contributed by atoms with Gasteiger partial charge in [0.2, 0.25) is 5.88 Å². The van der Waals surface area contributed by atoms with Gasteiger partial charge in [-0.05, 0) is 12.8 Å². The second-order valence-electron chi connectivity index (χ2n) is 3.01. The van der Waals surface area contributed by atoms with E-state index in [1.165, 1.54) is 6.07 Å². The van der Waals surface area contributed by atoms with Gasteiger partial charge in [-0.1, -0.05) is 0 Å². The summed E-state index contributed by atoms with van der Waals surface area (Å²) in [5, 5.41) is 11.9. The molecule has 1 fully saturated rings. The Hall–Kier alpha value is -1.56. The summed E-state index contributed by atoms with van der Waals surface area (Å²) in [6.45, 7) is 1.35. The first kappa shape index (κ1) is 9.01. The van der Waals surface area contributed by atoms with Crippen LogP contribution < -0.4 is 5.06 Å². The van der Waals surface area contributed by atoms with Gasteiger partial charge in [-0.3, -0.25) is 15.0 Å². The monoisotopic (exact) mass is 198 g/mol. The number of rotatable bonds is 2. The van der Waals surface area contributed by atoms with Crippen LogP contribution in [0.15, 0.2) is 16.5 Å². The lowest BCUT2D eigenvalue weighted by atomic mass is 10.3. The molecule has 0 aromatic carbocycles. The van der Waals surface area contributed by atoms with E-state index in [2.05, 4.69) is 0 Å². The molecule has 0 aliphatic carbocycles. The molecule has 6 nitrogen and oxygen atoms in total. The number of hydrogen-bond donors (Lipinski definition) is 0. The van der Waals surface area contributed by atoms with Gasteiger partial charge in [0.25, 0.3) is 0 Å². The molecule has 1 aliphatic rings. The summed E-state index contributed by atoms with van der Waals surface area (Å²) in [6, 6.07) is 2.87. The summed E-state index contributed by atoms with van der Waals surface area (Å²) >= 11 is 0. The van der Waals surface area contributed by atoms with Crippen LogP contribution in [0, 0.1) is 10.1 Å². The number of anilines is 1. The predicted molar refractivity (Wildman–Crippen MR) is 47.9 cm³/mol. The molecule has 1 aromatic heterocycles. The minimum absolute atomic E-state index is 0.255. The number of nitro groups is 1. The van der Waals surface area contributed by atoms with E-state index < -0.39 is 4.92 Å². The maximum atomic E-state index is 10.3. The highest BCUT2D eigenvalue weighted by Crippen LogP contribution is 2.25. The fourth-order valence-corrected chi connectivity index (χ4v) is 1.32. The van der Waals surface area contributed by atoms with Crippen LogP contribution >= 0.6 is 0 Å². The van der Waals surface area contributed by atoms with Crippen LogP contribution in [0.2, 0.25) is 0 Å². The van der Waals surface area contributed by atoms with Crippen molar-refractivity contribution in [3.05, 3.63) is 22.2 Å². The quantitative estimate of drug-likeness (QED) is 0.534. The van der Waals surface area contributed by atoms with E-state index in [0.29, 0.717) is 19.0 Å². The first-order chi connectivity index (χ1) is 6.77. The Balaban J connectivity index is 2.11. The molecule has 6 heteroatoms. The van der Waals surface area contributed by atoms with Gasteiger partial charge in [0.1, 0.15) is 4.92 Å². The molecule has 0 bridgehead atoms. The largest absolute Gasteiger partial charge is 0.434 e. The van der Waals surface area contributed by atoms with Gasteiger partial charge in [-0.25, -0.2) is 5.06 Å². The molecule has 0 N–H and O–H groups in total. The first-order valence-corrected chi connectivity index (χ1v) is 4.42. The molecule has 76 valence electrons. The maximum Gasteiger partial charge on any atom is 0.434 e. The highest BCUT2D eigenvalue weighted by atomic mass is 16.7. The average Bonchev–Trinajstić information content (AvgIpc) is 2.68. The van der Waals surface area contributed by atoms with Gasteiger partial charge >= 0.3 is 5.88 Å². The topological polar surface area (TPSA) is 68.8 Å². The van der Waals surface area contributed by atoms with Crippen LogP contribution in [0.3, 0.4) is 0 Å². The van der Waals surface area contributed by atoms with E-state index in [4.69, 9.17) is 9.25 Å². The van der Waals surface area contributed by atoms with Gasteiger partial charge in [0, 0.05) is 12.6 Å². The molecule has 14 heavy (non-hydrogen) atoms. The summed E-state index contributed by atoms with van der Waals surface area (Å²) in [5.41, 5.74) is 0. The zero-order chi connectivity index (χ0) is 9.97. The van der Waals surface area contributed by atoms with E-state index in [-0.39, 0.29) is 5.88 Å². The SMILES string of the molecule is O=[N+]([O-])c1ccc(N2CCCCO2)o1. The van der Waals surface area contributed by atoms with E-state index in [0.717, 1.165) is 12.8 Å². The Labute approximate surface area is 80.2 Å². The van der Waals surface area contributed by atoms with Crippen molar-refractivity contribution in [3.63, 3.8) is 0 Å². The lowest BCUT2D eigenvalue weighted by molar-refractivity contribution is -0.402. The normalized spacial score (nSPS) is 17.0. The molecule has 0 spiro atoms. The van der Waals surface area contributed by atoms with Gasteiger partial charge in [-0.15, -0.1) is 0 Å². The smallest absolute Gasteiger partial charge is 0.382 e. The highest BCUT2D eigenvalue weighted by Gasteiger charge is 2.19. The number of furan rings is 1. The van der Waals surface area contributed by atoms with Crippen molar-refractivity contribution in [2.45, 2.75) is 12.8 Å². The summed E-state index contributed by atoms with van der Waals surface area (Å²) in [4.78, 5) is 15.1. The Morgan fingerprint density at radius 3 is 2.86 bits per heavy atom. The minimum Gasteiger partial charge on any atom is -0.382 e. The Morgan fingerprint density at radius 1 is 1.43 bits per heavy atom. The molecule has 0 radical (unpaired) electrons. The van der Waals surface area contributed by atoms with Gasteiger partial charge < -0.3 is 4.42 Å². The number of nitrogens with zero attached hydrogens (tertiary/aromatic N) is 2. The van der Waals surface area contributed by atoms with Crippen LogP contribution in [-0.2, 0) is 4.84 Å². The minimum atomic E-state index is -0.562. The maximum absolute atomic E-state index is 10.3. The molecule has 0 atom stereocenters. The molecule has 1 saturated heterocycles. The molecular weight excluding hydrogens is 188 g/mol. The number of hydroxylamine groups is 1. The fraction of sp³-hybridized carbons (Fsp3) is 0.500. The standard InChI is InChI=1S/C8H10N2O4/c11-10(12)8-4-3-7(14-8)9-5-1-2-6-13-9/h3-4H,1-2,5-6H2. The third-order valence-electron chi connectivity index (χ3n) is 2.01. The van der Waals surface area contributed by atoms with Crippen LogP contribution in [-0.4, -0.2) is 18.1 Å². The Bertz CT molecular complexity index is 330. The first-order valence-electron chi connectivity index (χ1n) is 4.42. The highest BCUT2D eigenvalue weighted by molar-refractivity contribution is 5.37. The molecule has 1 aromatic rings. The molecular formula is C8H10N2O4. The third-order valence-corrected chi connectivity index (χ3v) is 2.01. The zero-order valence-electron chi connectivity index (χ0n) is 7.51. The van der Waals surface area contributed by atoms with Crippen molar-refractivity contribution < 1.29 is 14.2 Å². The summed E-state index contributed by atoms with van der Waals surface area (Å²) in [7, 11) is 0. The third kappa shape index (κ3) is 1.69. The lowest BCUT2D eigenvalue weighted by Crippen LogP contribution is -2.29. The van der Waals surface area contributed by atoms with Crippen LogP contribution in [0.5, 0.6) is 0 Å². The summed E-state index contributed by atoms with van der Waals surface area (Å²) in [6.07, 6.45) is 2.02. The van der Waals surface area contributed by atoms with E-state index in [1.807, 2.05) is 0 Å². The van der Waals surface area contributed by atoms with Gasteiger partial charge in [0.05, 0.1) is 12.7 Å². The zero-order valence-corrected chi connectivity index (χ0v) is 7.51. The second-order valence-corrected chi connectivity index (χ2v) is 3.01. The Morgan fingerprint density at radius 2 is 2.29 bits per heavy atom. The van der Waals surface area contributed by atoms with Crippen molar-refractivity contribution in [1.82, 2.24) is 0 Å². The van der Waals surface area contributed by atoms with Gasteiger partial charge in [0.15, 0.2) is 0 Å². The van der Waals surface area contributed by atoms with Crippen LogP contribution in [0.25, 0.3) is 0 Å². The summed E-state index contributed by atoms with van der Waals surface area (Å²) < 4.78 is 4.99. The molecule has 2 rings (SSSR count). The van der Waals surface area contributed by atoms with Crippen molar-refractivity contribution in [3.8, 4) is 0 Å². The second kappa shape index (κ2) is 3.67. The molecule has 2 heterocycles. The number of hydrogen-bond acceptors (Lipinski definition) is 5. The van der Waals surface area contributed by atoms with Crippen molar-refractivity contribution in [2.24, 2.45) is 0 Å². The van der Waals surface area contributed by atoms with E-state index in [9.17, 15) is 10.1 Å². The van der Waals surface area contributed by atoms with Crippen molar-refractivity contribution in [1.29, 1.82) is 0 Å². The molecule has 0 saturated carbocycles. The van der Waals surface area contributed by atoms with Crippen molar-refractivity contribution >= 4 is 11.8 Å². The predicted octanol–water partition coefficient (Wildman–Crippen LogP) is 1.72. The molecule has 1 aliphatic heterocycles. The average molecular weight is 198 g/mol. The van der Waals surface area contributed by atoms with Crippen LogP contribution in [0.4, 0.5) is 11.8 Å². The Kier molecular flexibility index (Phi) is 2.36. The summed E-state index contributed by atoms with van der Waals surface area (Å²) in [5.74, 6) is 0.144. The molecule has 0 amide bonds. The van der Waals surface area contributed by atoms with E-state index in [1.54, 1.807) is 11.1 Å². The fourth-order valence-electron chi connectivity index (χ4n) is 1.32. The van der Waals surface area contributed by atoms with Crippen LogP contribution in [0.1, 0.15) is 12.8 Å². The van der Waals surface area contributed by atoms with E-state index >= 15 is 0 Å². The molecule has 0 unspecified atom stereocenters. The van der Waals surface area contributed by atoms with Crippen molar-refractivity contribution in [2.75, 3.05) is 18.2 Å². The lowest BCUT2D eigenvalue weighted by Gasteiger charge is -2.24. The van der Waals surface area contributed by atoms with Gasteiger partial charge in [-0.2, -0.15) is 0 Å².